The Kier molecular flexibility index (Phi) is 3.49. The van der Waals surface area contributed by atoms with Crippen molar-refractivity contribution < 1.29 is 0 Å². The molecule has 0 atom stereocenters. The summed E-state index contributed by atoms with van der Waals surface area (Å²) >= 11 is 0. The molecular weight excluding hydrogens is 210 g/mol. The van der Waals surface area contributed by atoms with Crippen LogP contribution in [0.1, 0.15) is 16.8 Å². The average molecular weight is 227 g/mol. The molecule has 3 nitrogen and oxygen atoms in total. The molecule has 1 N–H and O–H groups in total. The van der Waals surface area contributed by atoms with Crippen molar-refractivity contribution in [2.24, 2.45) is 0 Å². The third-order valence-electron chi connectivity index (χ3n) is 2.81. The fourth-order valence-corrected chi connectivity index (χ4v) is 1.86. The van der Waals surface area contributed by atoms with Crippen LogP contribution in [-0.2, 0) is 6.54 Å². The lowest BCUT2D eigenvalue weighted by Gasteiger charge is -2.08. The van der Waals surface area contributed by atoms with Gasteiger partial charge >= 0.3 is 0 Å². The largest absolute Gasteiger partial charge is 0.316 e. The van der Waals surface area contributed by atoms with Crippen molar-refractivity contribution in [1.82, 2.24) is 15.3 Å². The third kappa shape index (κ3) is 2.68. The van der Waals surface area contributed by atoms with Crippen LogP contribution in [-0.4, -0.2) is 17.0 Å². The quantitative estimate of drug-likeness (QED) is 0.875. The molecule has 0 spiro atoms. The first-order chi connectivity index (χ1) is 8.20. The minimum atomic E-state index is 0.898. The Hall–Kier alpha value is -1.74. The van der Waals surface area contributed by atoms with Crippen molar-refractivity contribution in [1.29, 1.82) is 0 Å². The van der Waals surface area contributed by atoms with Crippen molar-refractivity contribution >= 4 is 0 Å². The normalized spacial score (nSPS) is 10.5. The lowest BCUT2D eigenvalue weighted by molar-refractivity contribution is 0.812. The first-order valence-electron chi connectivity index (χ1n) is 5.74. The van der Waals surface area contributed by atoms with Crippen LogP contribution in [0.25, 0.3) is 11.3 Å². The van der Waals surface area contributed by atoms with Crippen molar-refractivity contribution in [3.63, 3.8) is 0 Å². The van der Waals surface area contributed by atoms with Gasteiger partial charge in [0, 0.05) is 17.8 Å². The zero-order valence-corrected chi connectivity index (χ0v) is 10.5. The standard InChI is InChI=1S/C14H17N3/c1-10-6-12(4-5-13(10)8-15-3)14-7-11(2)16-9-17-14/h4-7,9,15H,8H2,1-3H3. The fourth-order valence-electron chi connectivity index (χ4n) is 1.86. The van der Waals surface area contributed by atoms with Gasteiger partial charge < -0.3 is 5.32 Å². The Morgan fingerprint density at radius 2 is 1.94 bits per heavy atom. The zero-order chi connectivity index (χ0) is 12.3. The van der Waals surface area contributed by atoms with Crippen LogP contribution < -0.4 is 5.32 Å². The van der Waals surface area contributed by atoms with E-state index >= 15 is 0 Å². The molecule has 17 heavy (non-hydrogen) atoms. The highest BCUT2D eigenvalue weighted by atomic mass is 14.8. The minimum Gasteiger partial charge on any atom is -0.316 e. The van der Waals surface area contributed by atoms with Crippen LogP contribution in [0.3, 0.4) is 0 Å². The van der Waals surface area contributed by atoms with Crippen LogP contribution >= 0.6 is 0 Å². The van der Waals surface area contributed by atoms with E-state index in [0.717, 1.165) is 23.5 Å². The molecule has 0 amide bonds. The molecule has 2 aromatic rings. The van der Waals surface area contributed by atoms with Gasteiger partial charge in [0.25, 0.3) is 0 Å². The number of rotatable bonds is 3. The molecule has 3 heteroatoms. The van der Waals surface area contributed by atoms with Crippen LogP contribution in [0, 0.1) is 13.8 Å². The Labute approximate surface area is 102 Å². The van der Waals surface area contributed by atoms with E-state index in [-0.39, 0.29) is 0 Å². The maximum absolute atomic E-state index is 4.30. The van der Waals surface area contributed by atoms with Gasteiger partial charge in [0.05, 0.1) is 5.69 Å². The molecule has 88 valence electrons. The molecule has 0 fully saturated rings. The smallest absolute Gasteiger partial charge is 0.116 e. The second kappa shape index (κ2) is 5.06. The molecule has 0 radical (unpaired) electrons. The highest BCUT2D eigenvalue weighted by Crippen LogP contribution is 2.20. The summed E-state index contributed by atoms with van der Waals surface area (Å²) in [5.74, 6) is 0. The van der Waals surface area contributed by atoms with Crippen LogP contribution in [0.4, 0.5) is 0 Å². The summed E-state index contributed by atoms with van der Waals surface area (Å²) in [5, 5.41) is 3.17. The molecule has 0 aliphatic rings. The van der Waals surface area contributed by atoms with Gasteiger partial charge in [0.1, 0.15) is 6.33 Å². The summed E-state index contributed by atoms with van der Waals surface area (Å²) in [6, 6.07) is 8.45. The summed E-state index contributed by atoms with van der Waals surface area (Å²) in [6.07, 6.45) is 1.61. The number of hydrogen-bond donors (Lipinski definition) is 1. The summed E-state index contributed by atoms with van der Waals surface area (Å²) in [4.78, 5) is 8.41. The molecule has 0 aliphatic carbocycles. The van der Waals surface area contributed by atoms with E-state index in [4.69, 9.17) is 0 Å². The maximum Gasteiger partial charge on any atom is 0.116 e. The second-order valence-electron chi connectivity index (χ2n) is 4.22. The molecule has 0 bridgehead atoms. The van der Waals surface area contributed by atoms with Crippen LogP contribution in [0.2, 0.25) is 0 Å². The summed E-state index contributed by atoms with van der Waals surface area (Å²) < 4.78 is 0. The monoisotopic (exact) mass is 227 g/mol. The first kappa shape index (κ1) is 11.7. The van der Waals surface area contributed by atoms with E-state index in [1.54, 1.807) is 6.33 Å². The van der Waals surface area contributed by atoms with E-state index in [9.17, 15) is 0 Å². The highest BCUT2D eigenvalue weighted by molar-refractivity contribution is 5.60. The Morgan fingerprint density at radius 1 is 1.12 bits per heavy atom. The molecular formula is C14H17N3. The lowest BCUT2D eigenvalue weighted by Crippen LogP contribution is -2.06. The zero-order valence-electron chi connectivity index (χ0n) is 10.5. The van der Waals surface area contributed by atoms with Crippen LogP contribution in [0.15, 0.2) is 30.6 Å². The van der Waals surface area contributed by atoms with Gasteiger partial charge in [-0.25, -0.2) is 9.97 Å². The highest BCUT2D eigenvalue weighted by Gasteiger charge is 2.03. The fraction of sp³-hybridized carbons (Fsp3) is 0.286. The van der Waals surface area contributed by atoms with E-state index in [1.807, 2.05) is 20.0 Å². The molecule has 0 saturated carbocycles. The van der Waals surface area contributed by atoms with E-state index in [1.165, 1.54) is 11.1 Å². The van der Waals surface area contributed by atoms with Crippen molar-refractivity contribution in [2.75, 3.05) is 7.05 Å². The SMILES string of the molecule is CNCc1ccc(-c2cc(C)ncn2)cc1C. The van der Waals surface area contributed by atoms with E-state index < -0.39 is 0 Å². The molecule has 1 aromatic heterocycles. The Bertz CT molecular complexity index is 521. The van der Waals surface area contributed by atoms with Gasteiger partial charge in [0.15, 0.2) is 0 Å². The van der Waals surface area contributed by atoms with E-state index in [0.29, 0.717) is 0 Å². The number of aryl methyl sites for hydroxylation is 2. The van der Waals surface area contributed by atoms with Gasteiger partial charge in [-0.05, 0) is 44.2 Å². The first-order valence-corrected chi connectivity index (χ1v) is 5.74. The van der Waals surface area contributed by atoms with Gasteiger partial charge in [0.2, 0.25) is 0 Å². The molecule has 1 heterocycles. The maximum atomic E-state index is 4.30. The van der Waals surface area contributed by atoms with Crippen LogP contribution in [0.5, 0.6) is 0 Å². The molecule has 0 saturated heterocycles. The number of benzene rings is 1. The number of hydrogen-bond acceptors (Lipinski definition) is 3. The van der Waals surface area contributed by atoms with Gasteiger partial charge in [-0.1, -0.05) is 12.1 Å². The van der Waals surface area contributed by atoms with Gasteiger partial charge in [-0.3, -0.25) is 0 Å². The minimum absolute atomic E-state index is 0.898. The average Bonchev–Trinajstić information content (AvgIpc) is 2.32. The molecule has 0 aliphatic heterocycles. The van der Waals surface area contributed by atoms with E-state index in [2.05, 4.69) is 40.4 Å². The lowest BCUT2D eigenvalue weighted by atomic mass is 10.0. The number of aromatic nitrogens is 2. The topological polar surface area (TPSA) is 37.8 Å². The van der Waals surface area contributed by atoms with Crippen molar-refractivity contribution in [2.45, 2.75) is 20.4 Å². The van der Waals surface area contributed by atoms with Gasteiger partial charge in [-0.2, -0.15) is 0 Å². The molecule has 1 aromatic carbocycles. The molecule has 2 rings (SSSR count). The predicted octanol–water partition coefficient (Wildman–Crippen LogP) is 2.48. The number of nitrogens with one attached hydrogen (secondary N) is 1. The summed E-state index contributed by atoms with van der Waals surface area (Å²) in [7, 11) is 1.96. The Morgan fingerprint density at radius 3 is 2.59 bits per heavy atom. The number of nitrogens with zero attached hydrogens (tertiary/aromatic N) is 2. The summed E-state index contributed by atoms with van der Waals surface area (Å²) in [5.41, 5.74) is 5.73. The van der Waals surface area contributed by atoms with Gasteiger partial charge in [-0.15, -0.1) is 0 Å². The second-order valence-corrected chi connectivity index (χ2v) is 4.22. The summed E-state index contributed by atoms with van der Waals surface area (Å²) in [6.45, 7) is 5.01. The Balaban J connectivity index is 2.37. The molecule has 0 unspecified atom stereocenters. The van der Waals surface area contributed by atoms with Crippen molar-refractivity contribution in [3.8, 4) is 11.3 Å². The predicted molar refractivity (Wildman–Crippen MR) is 69.7 cm³/mol. The third-order valence-corrected chi connectivity index (χ3v) is 2.81. The van der Waals surface area contributed by atoms with Crippen molar-refractivity contribution in [3.05, 3.63) is 47.4 Å².